The van der Waals surface area contributed by atoms with Crippen molar-refractivity contribution in [2.24, 2.45) is 11.8 Å². The van der Waals surface area contributed by atoms with Gasteiger partial charge in [0.1, 0.15) is 0 Å². The van der Waals surface area contributed by atoms with Gasteiger partial charge in [0.25, 0.3) is 0 Å². The lowest BCUT2D eigenvalue weighted by Crippen LogP contribution is -2.19. The Morgan fingerprint density at radius 3 is 1.24 bits per heavy atom. The minimum Gasteiger partial charge on any atom is -0.396 e. The van der Waals surface area contributed by atoms with Crippen molar-refractivity contribution in [3.63, 3.8) is 0 Å². The second-order valence-corrected chi connectivity index (χ2v) is 8.31. The molecule has 25 heavy (non-hydrogen) atoms. The summed E-state index contributed by atoms with van der Waals surface area (Å²) in [6, 6.07) is 0. The molecule has 0 heterocycles. The third kappa shape index (κ3) is 15.9. The smallest absolute Gasteiger partial charge is 0.0461 e. The molecule has 0 aliphatic carbocycles. The zero-order valence-electron chi connectivity index (χ0n) is 18.0. The van der Waals surface area contributed by atoms with E-state index >= 15 is 0 Å². The average molecular weight is 355 g/mol. The minimum absolute atomic E-state index is 0.413. The number of unbranched alkanes of at least 4 members (excludes halogenated alkanes) is 12. The van der Waals surface area contributed by atoms with Crippen LogP contribution in [0.25, 0.3) is 0 Å². The highest BCUT2D eigenvalue weighted by atomic mass is 16.3. The first-order valence-corrected chi connectivity index (χ1v) is 11.9. The average Bonchev–Trinajstić information content (AvgIpc) is 2.63. The molecule has 1 heteroatoms. The van der Waals surface area contributed by atoms with Crippen molar-refractivity contribution >= 4 is 0 Å². The van der Waals surface area contributed by atoms with E-state index in [0.29, 0.717) is 12.5 Å². The van der Waals surface area contributed by atoms with Crippen LogP contribution in [-0.2, 0) is 0 Å². The molecule has 2 unspecified atom stereocenters. The van der Waals surface area contributed by atoms with Gasteiger partial charge < -0.3 is 5.11 Å². The lowest BCUT2D eigenvalue weighted by molar-refractivity contribution is 0.147. The van der Waals surface area contributed by atoms with Crippen LogP contribution in [0.3, 0.4) is 0 Å². The Morgan fingerprint density at radius 1 is 0.440 bits per heavy atom. The summed E-state index contributed by atoms with van der Waals surface area (Å²) in [6.07, 6.45) is 24.7. The van der Waals surface area contributed by atoms with Gasteiger partial charge in [0.2, 0.25) is 0 Å². The molecular weight excluding hydrogens is 304 g/mol. The molecule has 0 spiro atoms. The first kappa shape index (κ1) is 25.0. The van der Waals surface area contributed by atoms with Crippen molar-refractivity contribution < 1.29 is 5.11 Å². The molecule has 0 amide bonds. The van der Waals surface area contributed by atoms with Crippen molar-refractivity contribution in [1.29, 1.82) is 0 Å². The van der Waals surface area contributed by atoms with Crippen LogP contribution in [0.4, 0.5) is 0 Å². The van der Waals surface area contributed by atoms with Crippen molar-refractivity contribution in [2.75, 3.05) is 6.61 Å². The third-order valence-electron chi connectivity index (χ3n) is 5.94. The second-order valence-electron chi connectivity index (χ2n) is 8.31. The van der Waals surface area contributed by atoms with E-state index in [1.807, 2.05) is 0 Å². The van der Waals surface area contributed by atoms with Gasteiger partial charge in [-0.1, -0.05) is 130 Å². The van der Waals surface area contributed by atoms with Crippen LogP contribution in [0.15, 0.2) is 0 Å². The molecule has 1 N–H and O–H groups in total. The second kappa shape index (κ2) is 20.3. The molecule has 0 aromatic heterocycles. The fourth-order valence-electron chi connectivity index (χ4n) is 4.11. The van der Waals surface area contributed by atoms with Gasteiger partial charge in [-0.25, -0.2) is 0 Å². The molecule has 0 fully saturated rings. The molecule has 0 saturated heterocycles. The Morgan fingerprint density at radius 2 is 0.800 bits per heavy atom. The standard InChI is InChI=1S/C24H50O/c1-4-7-10-12-13-14-15-16-18-21-23(20-17-11-8-5-2)24(22-25)19-9-6-3/h23-25H,4-22H2,1-3H3. The van der Waals surface area contributed by atoms with Gasteiger partial charge in [-0.2, -0.15) is 0 Å². The lowest BCUT2D eigenvalue weighted by Gasteiger charge is -2.26. The highest BCUT2D eigenvalue weighted by Gasteiger charge is 2.19. The molecule has 2 atom stereocenters. The van der Waals surface area contributed by atoms with Crippen LogP contribution in [0, 0.1) is 11.8 Å². The van der Waals surface area contributed by atoms with Crippen LogP contribution in [0.5, 0.6) is 0 Å². The summed E-state index contributed by atoms with van der Waals surface area (Å²) >= 11 is 0. The maximum atomic E-state index is 9.87. The van der Waals surface area contributed by atoms with E-state index in [1.54, 1.807) is 0 Å². The van der Waals surface area contributed by atoms with Crippen molar-refractivity contribution in [3.05, 3.63) is 0 Å². The fourth-order valence-corrected chi connectivity index (χ4v) is 4.11. The minimum atomic E-state index is 0.413. The lowest BCUT2D eigenvalue weighted by atomic mass is 9.81. The van der Waals surface area contributed by atoms with Crippen LogP contribution in [0.2, 0.25) is 0 Å². The van der Waals surface area contributed by atoms with Crippen LogP contribution in [-0.4, -0.2) is 11.7 Å². The SMILES string of the molecule is CCCCCCCCCCCC(CCCCCC)C(CO)CCCC. The van der Waals surface area contributed by atoms with E-state index in [2.05, 4.69) is 20.8 Å². The Labute approximate surface area is 160 Å². The first-order chi connectivity index (χ1) is 12.3. The van der Waals surface area contributed by atoms with Crippen LogP contribution >= 0.6 is 0 Å². The summed E-state index contributed by atoms with van der Waals surface area (Å²) in [5.74, 6) is 1.34. The number of hydrogen-bond donors (Lipinski definition) is 1. The summed E-state index contributed by atoms with van der Waals surface area (Å²) in [5, 5.41) is 9.87. The number of aliphatic hydroxyl groups excluding tert-OH is 1. The highest BCUT2D eigenvalue weighted by Crippen LogP contribution is 2.29. The van der Waals surface area contributed by atoms with Crippen molar-refractivity contribution in [2.45, 2.75) is 136 Å². The summed E-state index contributed by atoms with van der Waals surface area (Å²) in [5.41, 5.74) is 0. The van der Waals surface area contributed by atoms with Crippen LogP contribution < -0.4 is 0 Å². The normalized spacial score (nSPS) is 13.9. The van der Waals surface area contributed by atoms with Crippen LogP contribution in [0.1, 0.15) is 136 Å². The molecule has 0 aliphatic rings. The van der Waals surface area contributed by atoms with Gasteiger partial charge in [-0.05, 0) is 18.3 Å². The summed E-state index contributed by atoms with van der Waals surface area (Å²) in [4.78, 5) is 0. The molecule has 0 radical (unpaired) electrons. The van der Waals surface area contributed by atoms with Gasteiger partial charge in [0.05, 0.1) is 0 Å². The molecule has 0 rings (SSSR count). The molecule has 0 aromatic rings. The largest absolute Gasteiger partial charge is 0.396 e. The van der Waals surface area contributed by atoms with Gasteiger partial charge in [0.15, 0.2) is 0 Å². The van der Waals surface area contributed by atoms with Crippen molar-refractivity contribution in [3.8, 4) is 0 Å². The predicted molar refractivity (Wildman–Crippen MR) is 114 cm³/mol. The topological polar surface area (TPSA) is 20.2 Å². The molecule has 152 valence electrons. The quantitative estimate of drug-likeness (QED) is 0.218. The fraction of sp³-hybridized carbons (Fsp3) is 1.00. The number of hydrogen-bond acceptors (Lipinski definition) is 1. The molecule has 0 aliphatic heterocycles. The molecule has 0 bridgehead atoms. The first-order valence-electron chi connectivity index (χ1n) is 11.9. The maximum Gasteiger partial charge on any atom is 0.0461 e. The summed E-state index contributed by atoms with van der Waals surface area (Å²) in [6.45, 7) is 7.26. The monoisotopic (exact) mass is 354 g/mol. The van der Waals surface area contributed by atoms with E-state index in [1.165, 1.54) is 116 Å². The Balaban J connectivity index is 3.94. The Bertz CT molecular complexity index is 238. The number of rotatable bonds is 20. The maximum absolute atomic E-state index is 9.87. The van der Waals surface area contributed by atoms with Gasteiger partial charge in [-0.3, -0.25) is 0 Å². The zero-order valence-corrected chi connectivity index (χ0v) is 18.0. The van der Waals surface area contributed by atoms with Gasteiger partial charge in [-0.15, -0.1) is 0 Å². The highest BCUT2D eigenvalue weighted by molar-refractivity contribution is 4.70. The number of aliphatic hydroxyl groups is 1. The summed E-state index contributed by atoms with van der Waals surface area (Å²) < 4.78 is 0. The van der Waals surface area contributed by atoms with E-state index < -0.39 is 0 Å². The van der Waals surface area contributed by atoms with Gasteiger partial charge in [0, 0.05) is 6.61 Å². The van der Waals surface area contributed by atoms with Gasteiger partial charge >= 0.3 is 0 Å². The van der Waals surface area contributed by atoms with E-state index in [4.69, 9.17) is 0 Å². The Hall–Kier alpha value is -0.0400. The summed E-state index contributed by atoms with van der Waals surface area (Å²) in [7, 11) is 0. The van der Waals surface area contributed by atoms with E-state index in [-0.39, 0.29) is 0 Å². The van der Waals surface area contributed by atoms with E-state index in [9.17, 15) is 5.11 Å². The predicted octanol–water partition coefficient (Wildman–Crippen LogP) is 8.29. The molecular formula is C24H50O. The van der Waals surface area contributed by atoms with E-state index in [0.717, 1.165) is 5.92 Å². The van der Waals surface area contributed by atoms with Crippen molar-refractivity contribution in [1.82, 2.24) is 0 Å². The molecule has 0 saturated carbocycles. The zero-order chi connectivity index (χ0) is 18.6. The molecule has 0 aromatic carbocycles. The molecule has 1 nitrogen and oxygen atoms in total. The Kier molecular flexibility index (Phi) is 20.2. The third-order valence-corrected chi connectivity index (χ3v) is 5.94.